The molecule has 0 bridgehead atoms. The van der Waals surface area contributed by atoms with Crippen molar-refractivity contribution in [3.63, 3.8) is 0 Å². The highest BCUT2D eigenvalue weighted by Gasteiger charge is 2.12. The topological polar surface area (TPSA) is 107 Å². The number of nitrogens with two attached hydrogens (primary N) is 1. The summed E-state index contributed by atoms with van der Waals surface area (Å²) in [6, 6.07) is 0. The van der Waals surface area contributed by atoms with Gasteiger partial charge in [0.1, 0.15) is 16.5 Å². The minimum Gasteiger partial charge on any atom is -0.382 e. The van der Waals surface area contributed by atoms with Crippen LogP contribution in [0.4, 0.5) is 10.9 Å². The van der Waals surface area contributed by atoms with E-state index < -0.39 is 0 Å². The van der Waals surface area contributed by atoms with E-state index in [0.29, 0.717) is 11.0 Å². The number of aromatic nitrogens is 4. The van der Waals surface area contributed by atoms with Crippen molar-refractivity contribution in [2.45, 2.75) is 20.3 Å². The molecule has 100 valence electrons. The fraction of sp³-hybridized carbons (Fsp3) is 0.364. The summed E-state index contributed by atoms with van der Waals surface area (Å²) in [5, 5.41) is 11.9. The van der Waals surface area contributed by atoms with Crippen molar-refractivity contribution in [3.05, 3.63) is 23.1 Å². The van der Waals surface area contributed by atoms with Crippen molar-refractivity contribution >= 4 is 28.2 Å². The number of nitrogen functional groups attached to an aromatic ring is 1. The highest BCUT2D eigenvalue weighted by molar-refractivity contribution is 7.15. The molecule has 0 aliphatic rings. The second-order valence-corrected chi connectivity index (χ2v) is 5.44. The summed E-state index contributed by atoms with van der Waals surface area (Å²) in [5.74, 6) is 0.394. The van der Waals surface area contributed by atoms with Crippen molar-refractivity contribution in [2.75, 3.05) is 11.1 Å². The maximum Gasteiger partial charge on any atom is 0.277 e. The molecule has 0 radical (unpaired) electrons. The number of anilines is 2. The molecule has 0 aliphatic carbocycles. The Hall–Kier alpha value is -2.09. The van der Waals surface area contributed by atoms with Crippen LogP contribution < -0.4 is 11.1 Å². The Labute approximate surface area is 114 Å². The largest absolute Gasteiger partial charge is 0.382 e. The van der Waals surface area contributed by atoms with Crippen LogP contribution in [0.25, 0.3) is 0 Å². The highest BCUT2D eigenvalue weighted by Crippen LogP contribution is 2.18. The maximum atomic E-state index is 11.8. The number of carbonyl (C=O) groups excluding carboxylic acids is 1. The van der Waals surface area contributed by atoms with Gasteiger partial charge >= 0.3 is 0 Å². The van der Waals surface area contributed by atoms with Crippen LogP contribution in [0.5, 0.6) is 0 Å². The lowest BCUT2D eigenvalue weighted by Crippen LogP contribution is -2.14. The van der Waals surface area contributed by atoms with Gasteiger partial charge in [0.25, 0.3) is 5.91 Å². The monoisotopic (exact) mass is 278 g/mol. The minimum absolute atomic E-state index is 0.190. The molecule has 19 heavy (non-hydrogen) atoms. The van der Waals surface area contributed by atoms with Gasteiger partial charge in [0.05, 0.1) is 12.4 Å². The fourth-order valence-corrected chi connectivity index (χ4v) is 2.30. The molecule has 0 unspecified atom stereocenters. The first-order valence-corrected chi connectivity index (χ1v) is 6.57. The molecule has 0 aromatic carbocycles. The van der Waals surface area contributed by atoms with Crippen LogP contribution in [0, 0.1) is 5.92 Å². The van der Waals surface area contributed by atoms with E-state index in [4.69, 9.17) is 5.73 Å². The molecule has 0 atom stereocenters. The Balaban J connectivity index is 2.02. The van der Waals surface area contributed by atoms with Crippen LogP contribution >= 0.6 is 11.3 Å². The van der Waals surface area contributed by atoms with Gasteiger partial charge in [-0.2, -0.15) is 0 Å². The second kappa shape index (κ2) is 5.70. The van der Waals surface area contributed by atoms with Crippen molar-refractivity contribution in [2.24, 2.45) is 5.92 Å². The molecule has 2 aromatic rings. The van der Waals surface area contributed by atoms with Gasteiger partial charge in [-0.1, -0.05) is 25.2 Å². The van der Waals surface area contributed by atoms with Gasteiger partial charge in [0.2, 0.25) is 5.13 Å². The zero-order valence-corrected chi connectivity index (χ0v) is 11.4. The van der Waals surface area contributed by atoms with E-state index in [9.17, 15) is 4.79 Å². The molecular weight excluding hydrogens is 264 g/mol. The SMILES string of the molecule is CC(C)Cc1nnc(NC(=O)c2cnc(N)cn2)s1. The third-order valence-electron chi connectivity index (χ3n) is 2.17. The molecule has 0 saturated heterocycles. The van der Waals surface area contributed by atoms with E-state index in [2.05, 4.69) is 39.3 Å². The summed E-state index contributed by atoms with van der Waals surface area (Å²) in [7, 11) is 0. The van der Waals surface area contributed by atoms with Gasteiger partial charge in [-0.25, -0.2) is 9.97 Å². The van der Waals surface area contributed by atoms with Gasteiger partial charge in [0.15, 0.2) is 0 Å². The minimum atomic E-state index is -0.375. The third-order valence-corrected chi connectivity index (χ3v) is 3.04. The summed E-state index contributed by atoms with van der Waals surface area (Å²) < 4.78 is 0. The number of hydrogen-bond acceptors (Lipinski definition) is 7. The van der Waals surface area contributed by atoms with Gasteiger partial charge in [-0.05, 0) is 5.92 Å². The number of hydrogen-bond donors (Lipinski definition) is 2. The molecule has 1 amide bonds. The number of amides is 1. The lowest BCUT2D eigenvalue weighted by Gasteiger charge is -2.00. The number of carbonyl (C=O) groups is 1. The van der Waals surface area contributed by atoms with E-state index in [0.717, 1.165) is 11.4 Å². The van der Waals surface area contributed by atoms with Gasteiger partial charge in [-0.3, -0.25) is 10.1 Å². The second-order valence-electron chi connectivity index (χ2n) is 4.38. The zero-order valence-electron chi connectivity index (χ0n) is 10.6. The van der Waals surface area contributed by atoms with E-state index >= 15 is 0 Å². The molecule has 2 aromatic heterocycles. The fourth-order valence-electron chi connectivity index (χ4n) is 1.35. The van der Waals surface area contributed by atoms with Crippen LogP contribution in [0.3, 0.4) is 0 Å². The Morgan fingerprint density at radius 1 is 1.37 bits per heavy atom. The average Bonchev–Trinajstić information content (AvgIpc) is 2.76. The summed E-state index contributed by atoms with van der Waals surface area (Å²) >= 11 is 1.36. The first-order valence-electron chi connectivity index (χ1n) is 5.76. The lowest BCUT2D eigenvalue weighted by atomic mass is 10.1. The van der Waals surface area contributed by atoms with Crippen molar-refractivity contribution < 1.29 is 4.79 Å². The molecule has 3 N–H and O–H groups in total. The highest BCUT2D eigenvalue weighted by atomic mass is 32.1. The maximum absolute atomic E-state index is 11.8. The van der Waals surface area contributed by atoms with Crippen molar-refractivity contribution in [1.29, 1.82) is 0 Å². The summed E-state index contributed by atoms with van der Waals surface area (Å²) in [6.07, 6.45) is 3.50. The molecule has 2 rings (SSSR count). The zero-order chi connectivity index (χ0) is 13.8. The third kappa shape index (κ3) is 3.68. The molecule has 0 aliphatic heterocycles. The van der Waals surface area contributed by atoms with Crippen molar-refractivity contribution in [1.82, 2.24) is 20.2 Å². The molecule has 7 nitrogen and oxygen atoms in total. The first-order chi connectivity index (χ1) is 9.04. The van der Waals surface area contributed by atoms with Crippen LogP contribution in [-0.2, 0) is 6.42 Å². The first kappa shape index (κ1) is 13.3. The number of nitrogens with zero attached hydrogens (tertiary/aromatic N) is 4. The van der Waals surface area contributed by atoms with Crippen LogP contribution in [0.15, 0.2) is 12.4 Å². The summed E-state index contributed by atoms with van der Waals surface area (Å²) in [5.41, 5.74) is 5.59. The molecule has 8 heteroatoms. The quantitative estimate of drug-likeness (QED) is 0.874. The van der Waals surface area contributed by atoms with Crippen molar-refractivity contribution in [3.8, 4) is 0 Å². The van der Waals surface area contributed by atoms with Gasteiger partial charge in [-0.15, -0.1) is 10.2 Å². The molecule has 2 heterocycles. The normalized spacial score (nSPS) is 10.7. The molecule has 0 spiro atoms. The van der Waals surface area contributed by atoms with E-state index in [-0.39, 0.29) is 17.4 Å². The Bertz CT molecular complexity index is 565. The Kier molecular flexibility index (Phi) is 4.00. The predicted octanol–water partition coefficient (Wildman–Crippen LogP) is 1.36. The Morgan fingerprint density at radius 2 is 2.16 bits per heavy atom. The number of nitrogens with one attached hydrogen (secondary N) is 1. The van der Waals surface area contributed by atoms with Crippen LogP contribution in [0.1, 0.15) is 29.3 Å². The van der Waals surface area contributed by atoms with Crippen LogP contribution in [0.2, 0.25) is 0 Å². The Morgan fingerprint density at radius 3 is 2.79 bits per heavy atom. The van der Waals surface area contributed by atoms with E-state index in [1.165, 1.54) is 23.7 Å². The summed E-state index contributed by atoms with van der Waals surface area (Å²) in [4.78, 5) is 19.5. The lowest BCUT2D eigenvalue weighted by molar-refractivity contribution is 0.102. The van der Waals surface area contributed by atoms with Crippen LogP contribution in [-0.4, -0.2) is 26.1 Å². The van der Waals surface area contributed by atoms with E-state index in [1.807, 2.05) is 0 Å². The molecular formula is C11H14N6OS. The average molecular weight is 278 g/mol. The van der Waals surface area contributed by atoms with Gasteiger partial charge in [0, 0.05) is 6.42 Å². The molecule has 0 fully saturated rings. The summed E-state index contributed by atoms with van der Waals surface area (Å²) in [6.45, 7) is 4.20. The van der Waals surface area contributed by atoms with Gasteiger partial charge < -0.3 is 5.73 Å². The predicted molar refractivity (Wildman–Crippen MR) is 72.8 cm³/mol. The molecule has 0 saturated carbocycles. The number of rotatable bonds is 4. The van der Waals surface area contributed by atoms with E-state index in [1.54, 1.807) is 0 Å². The standard InChI is InChI=1S/C11H14N6OS/c1-6(2)3-9-16-17-11(19-9)15-10(18)7-4-14-8(12)5-13-7/h4-6H,3H2,1-2H3,(H2,12,14)(H,15,17,18). The smallest absolute Gasteiger partial charge is 0.277 e.